The fraction of sp³-hybridized carbons (Fsp3) is 0.321. The molecule has 4 heterocycles. The Kier molecular flexibility index (Phi) is 8.15. The lowest BCUT2D eigenvalue weighted by molar-refractivity contribution is -0.137. The molecular formula is C28H28F3N7O2S. The lowest BCUT2D eigenvalue weighted by Gasteiger charge is -2.34. The lowest BCUT2D eigenvalue weighted by Crippen LogP contribution is -2.42. The van der Waals surface area contributed by atoms with Crippen molar-refractivity contribution in [3.63, 3.8) is 0 Å². The van der Waals surface area contributed by atoms with Crippen LogP contribution in [0.2, 0.25) is 0 Å². The molecule has 0 saturated carbocycles. The number of rotatable bonds is 7. The highest BCUT2D eigenvalue weighted by Gasteiger charge is 2.31. The second kappa shape index (κ2) is 11.8. The summed E-state index contributed by atoms with van der Waals surface area (Å²) in [6, 6.07) is 12.6. The number of methoxy groups -OCH3 is 1. The number of thioether (sulfide) groups is 1. The topological polar surface area (TPSA) is 98.1 Å². The summed E-state index contributed by atoms with van der Waals surface area (Å²) in [6.45, 7) is 4.83. The molecule has 1 aromatic carbocycles. The summed E-state index contributed by atoms with van der Waals surface area (Å²) in [5.74, 6) is 1.87. The summed E-state index contributed by atoms with van der Waals surface area (Å²) >= 11 is 1.82. The molecule has 1 aliphatic heterocycles. The monoisotopic (exact) mass is 583 g/mol. The molecule has 1 amide bonds. The summed E-state index contributed by atoms with van der Waals surface area (Å²) in [6.07, 6.45) is -1.75. The number of ether oxygens (including phenoxy) is 1. The highest BCUT2D eigenvalue weighted by Crippen LogP contribution is 2.35. The molecule has 0 radical (unpaired) electrons. The molecule has 9 nitrogen and oxygen atoms in total. The average Bonchev–Trinajstić information content (AvgIpc) is 3.46. The van der Waals surface area contributed by atoms with Crippen molar-refractivity contribution in [3.05, 3.63) is 77.6 Å². The molecule has 5 rings (SSSR count). The first-order chi connectivity index (χ1) is 19.6. The van der Waals surface area contributed by atoms with Crippen LogP contribution < -0.4 is 10.1 Å². The number of hydrogen-bond acceptors (Lipinski definition) is 8. The van der Waals surface area contributed by atoms with Gasteiger partial charge in [0.1, 0.15) is 29.1 Å². The minimum absolute atomic E-state index is 0.0133. The van der Waals surface area contributed by atoms with Crippen LogP contribution in [-0.2, 0) is 11.0 Å². The zero-order valence-electron chi connectivity index (χ0n) is 22.6. The number of alkyl halides is 3. The van der Waals surface area contributed by atoms with Gasteiger partial charge in [0.05, 0.1) is 24.6 Å². The van der Waals surface area contributed by atoms with Gasteiger partial charge in [-0.1, -0.05) is 17.3 Å². The number of hydrogen-bond donors (Lipinski definition) is 1. The SMILES string of the molecule is COc1ccc(C2CN(C(=O)C(C)n3cc(-c4cc(C)cc(Nc5cc(C(F)(F)F)ccn5)n4)nn3)CCS2)cc1. The number of halogens is 3. The summed E-state index contributed by atoms with van der Waals surface area (Å²) in [5, 5.41) is 11.4. The van der Waals surface area contributed by atoms with Gasteiger partial charge in [-0.2, -0.15) is 24.9 Å². The van der Waals surface area contributed by atoms with Crippen LogP contribution in [0.25, 0.3) is 11.4 Å². The van der Waals surface area contributed by atoms with Gasteiger partial charge in [0, 0.05) is 30.3 Å². The summed E-state index contributed by atoms with van der Waals surface area (Å²) in [7, 11) is 1.63. The molecule has 1 saturated heterocycles. The van der Waals surface area contributed by atoms with Crippen molar-refractivity contribution in [1.82, 2.24) is 29.9 Å². The van der Waals surface area contributed by atoms with Crippen LogP contribution in [0, 0.1) is 6.92 Å². The van der Waals surface area contributed by atoms with Gasteiger partial charge in [-0.25, -0.2) is 14.6 Å². The van der Waals surface area contributed by atoms with Crippen molar-refractivity contribution in [2.45, 2.75) is 31.3 Å². The Hall–Kier alpha value is -4.13. The molecule has 1 N–H and O–H groups in total. The van der Waals surface area contributed by atoms with E-state index >= 15 is 0 Å². The van der Waals surface area contributed by atoms with E-state index in [0.29, 0.717) is 30.3 Å². The Bertz CT molecular complexity index is 1530. The molecule has 0 spiro atoms. The van der Waals surface area contributed by atoms with Crippen molar-refractivity contribution in [1.29, 1.82) is 0 Å². The second-order valence-electron chi connectivity index (χ2n) is 9.64. The lowest BCUT2D eigenvalue weighted by atomic mass is 10.1. The standard InChI is InChI=1S/C28H28F3N7O2S/c1-17-12-22(33-26(13-17)34-25-14-20(8-9-32-25)28(29,30)31)23-15-38(36-35-23)18(2)27(39)37-10-11-41-24(16-37)19-4-6-21(40-3)7-5-19/h4-9,12-15,18,24H,10-11,16H2,1-3H3,(H,32,33,34). The van der Waals surface area contributed by atoms with Gasteiger partial charge >= 0.3 is 6.18 Å². The zero-order chi connectivity index (χ0) is 29.1. The number of pyridine rings is 2. The first-order valence-electron chi connectivity index (χ1n) is 12.9. The minimum atomic E-state index is -4.49. The fourth-order valence-electron chi connectivity index (χ4n) is 4.50. The molecule has 0 aliphatic carbocycles. The van der Waals surface area contributed by atoms with Gasteiger partial charge in [0.2, 0.25) is 5.91 Å². The molecule has 214 valence electrons. The number of nitrogens with zero attached hydrogens (tertiary/aromatic N) is 6. The van der Waals surface area contributed by atoms with Crippen molar-refractivity contribution >= 4 is 29.3 Å². The summed E-state index contributed by atoms with van der Waals surface area (Å²) < 4.78 is 46.1. The average molecular weight is 584 g/mol. The van der Waals surface area contributed by atoms with Gasteiger partial charge in [-0.15, -0.1) is 5.10 Å². The molecule has 3 aromatic heterocycles. The normalized spacial score (nSPS) is 16.3. The van der Waals surface area contributed by atoms with E-state index in [1.165, 1.54) is 4.68 Å². The number of benzene rings is 1. The molecule has 41 heavy (non-hydrogen) atoms. The van der Waals surface area contributed by atoms with E-state index in [2.05, 4.69) is 25.6 Å². The Morgan fingerprint density at radius 2 is 1.90 bits per heavy atom. The maximum Gasteiger partial charge on any atom is 0.416 e. The molecular weight excluding hydrogens is 555 g/mol. The molecule has 2 unspecified atom stereocenters. The maximum absolute atomic E-state index is 13.4. The van der Waals surface area contributed by atoms with Gasteiger partial charge in [-0.3, -0.25) is 4.79 Å². The molecule has 1 aliphatic rings. The number of carbonyl (C=O) groups excluding carboxylic acids is 1. The third-order valence-electron chi connectivity index (χ3n) is 6.71. The number of amides is 1. The van der Waals surface area contributed by atoms with Gasteiger partial charge in [0.25, 0.3) is 0 Å². The van der Waals surface area contributed by atoms with E-state index < -0.39 is 17.8 Å². The van der Waals surface area contributed by atoms with Crippen molar-refractivity contribution in [2.75, 3.05) is 31.3 Å². The smallest absolute Gasteiger partial charge is 0.416 e. The van der Waals surface area contributed by atoms with Crippen molar-refractivity contribution in [3.8, 4) is 17.1 Å². The van der Waals surface area contributed by atoms with E-state index in [9.17, 15) is 18.0 Å². The van der Waals surface area contributed by atoms with Crippen LogP contribution in [0.5, 0.6) is 5.75 Å². The Balaban J connectivity index is 1.29. The van der Waals surface area contributed by atoms with Gasteiger partial charge < -0.3 is 15.0 Å². The molecule has 1 fully saturated rings. The zero-order valence-corrected chi connectivity index (χ0v) is 23.4. The second-order valence-corrected chi connectivity index (χ2v) is 11.0. The highest BCUT2D eigenvalue weighted by atomic mass is 32.2. The highest BCUT2D eigenvalue weighted by molar-refractivity contribution is 7.99. The quantitative estimate of drug-likeness (QED) is 0.296. The van der Waals surface area contributed by atoms with E-state index in [0.717, 1.165) is 41.0 Å². The van der Waals surface area contributed by atoms with Gasteiger partial charge in [-0.05, 0) is 61.4 Å². The van der Waals surface area contributed by atoms with Gasteiger partial charge in [0.15, 0.2) is 0 Å². The molecule has 4 aromatic rings. The molecule has 0 bridgehead atoms. The number of nitrogens with one attached hydrogen (secondary N) is 1. The summed E-state index contributed by atoms with van der Waals surface area (Å²) in [4.78, 5) is 23.8. The maximum atomic E-state index is 13.4. The van der Waals surface area contributed by atoms with Crippen molar-refractivity contribution in [2.24, 2.45) is 0 Å². The van der Waals surface area contributed by atoms with Crippen LogP contribution in [0.3, 0.4) is 0 Å². The number of anilines is 2. The predicted molar refractivity (Wildman–Crippen MR) is 150 cm³/mol. The Morgan fingerprint density at radius 1 is 1.12 bits per heavy atom. The first-order valence-corrected chi connectivity index (χ1v) is 13.9. The Labute approximate surface area is 239 Å². The van der Waals surface area contributed by atoms with E-state index in [1.54, 1.807) is 32.4 Å². The number of aryl methyl sites for hydroxylation is 1. The Morgan fingerprint density at radius 3 is 2.63 bits per heavy atom. The molecule has 13 heteroatoms. The fourth-order valence-corrected chi connectivity index (χ4v) is 5.74. The van der Waals surface area contributed by atoms with Crippen LogP contribution in [0.1, 0.15) is 34.9 Å². The first kappa shape index (κ1) is 28.4. The van der Waals surface area contributed by atoms with E-state index in [4.69, 9.17) is 4.74 Å². The number of aromatic nitrogens is 5. The third kappa shape index (κ3) is 6.62. The summed E-state index contributed by atoms with van der Waals surface area (Å²) in [5.41, 5.74) is 2.02. The third-order valence-corrected chi connectivity index (χ3v) is 7.95. The van der Waals surface area contributed by atoms with Crippen molar-refractivity contribution < 1.29 is 22.7 Å². The van der Waals surface area contributed by atoms with E-state index in [1.807, 2.05) is 47.9 Å². The predicted octanol–water partition coefficient (Wildman–Crippen LogP) is 5.69. The minimum Gasteiger partial charge on any atom is -0.497 e. The van der Waals surface area contributed by atoms with Crippen LogP contribution in [0.4, 0.5) is 24.8 Å². The number of carbonyl (C=O) groups is 1. The van der Waals surface area contributed by atoms with Crippen LogP contribution >= 0.6 is 11.8 Å². The van der Waals surface area contributed by atoms with Crippen LogP contribution in [-0.4, -0.2) is 61.7 Å². The molecule has 2 atom stereocenters. The largest absolute Gasteiger partial charge is 0.497 e. The van der Waals surface area contributed by atoms with E-state index in [-0.39, 0.29) is 17.0 Å². The van der Waals surface area contributed by atoms with Crippen LogP contribution in [0.15, 0.2) is 60.9 Å².